The zero-order valence-electron chi connectivity index (χ0n) is 13.0. The lowest BCUT2D eigenvalue weighted by molar-refractivity contribution is 0.0952. The summed E-state index contributed by atoms with van der Waals surface area (Å²) in [5.74, 6) is -0.0783. The largest absolute Gasteiger partial charge is 0.378 e. The average Bonchev–Trinajstić information content (AvgIpc) is 2.93. The number of fused-ring (bicyclic) bond motifs is 1. The highest BCUT2D eigenvalue weighted by atomic mass is 32.2. The number of aromatic nitrogens is 1. The molecule has 1 amide bonds. The number of para-hydroxylation sites is 1. The van der Waals surface area contributed by atoms with Gasteiger partial charge in [-0.25, -0.2) is 0 Å². The summed E-state index contributed by atoms with van der Waals surface area (Å²) < 4.78 is 2.08. The van der Waals surface area contributed by atoms with E-state index in [1.165, 1.54) is 11.8 Å². The molecule has 3 aromatic rings. The zero-order chi connectivity index (χ0) is 16.9. The molecular formula is C18H18N4OS. The number of rotatable bonds is 5. The normalized spacial score (nSPS) is 10.7. The maximum Gasteiger partial charge on any atom is 0.251 e. The van der Waals surface area contributed by atoms with Crippen molar-refractivity contribution >= 4 is 33.7 Å². The second kappa shape index (κ2) is 7.23. The van der Waals surface area contributed by atoms with Crippen LogP contribution < -0.4 is 11.1 Å². The Bertz CT molecular complexity index is 873. The highest BCUT2D eigenvalue weighted by Gasteiger charge is 2.10. The van der Waals surface area contributed by atoms with Crippen LogP contribution in [0, 0.1) is 5.41 Å². The smallest absolute Gasteiger partial charge is 0.251 e. The number of nitrogens with zero attached hydrogens (tertiary/aromatic N) is 1. The molecule has 1 aromatic heterocycles. The van der Waals surface area contributed by atoms with Crippen LogP contribution in [0.4, 0.5) is 0 Å². The number of amidine groups is 1. The maximum atomic E-state index is 12.1. The third-order valence-corrected chi connectivity index (χ3v) is 4.41. The second-order valence-electron chi connectivity index (χ2n) is 5.29. The van der Waals surface area contributed by atoms with Crippen LogP contribution in [0.2, 0.25) is 0 Å². The SMILES string of the molecule is N=C(N)Sc1cn(CCNC(=O)c2ccccc2)c2ccccc12. The fourth-order valence-corrected chi connectivity index (χ4v) is 3.28. The summed E-state index contributed by atoms with van der Waals surface area (Å²) in [4.78, 5) is 13.0. The first kappa shape index (κ1) is 16.1. The number of nitrogens with two attached hydrogens (primary N) is 1. The van der Waals surface area contributed by atoms with Crippen LogP contribution in [-0.4, -0.2) is 22.2 Å². The van der Waals surface area contributed by atoms with Gasteiger partial charge in [0, 0.05) is 40.6 Å². The van der Waals surface area contributed by atoms with Crippen molar-refractivity contribution in [1.29, 1.82) is 5.41 Å². The van der Waals surface area contributed by atoms with Gasteiger partial charge in [-0.05, 0) is 18.2 Å². The second-order valence-corrected chi connectivity index (χ2v) is 6.38. The van der Waals surface area contributed by atoms with Crippen LogP contribution in [0.3, 0.4) is 0 Å². The predicted molar refractivity (Wildman–Crippen MR) is 98.5 cm³/mol. The molecule has 122 valence electrons. The number of hydrogen-bond donors (Lipinski definition) is 3. The van der Waals surface area contributed by atoms with Gasteiger partial charge in [0.05, 0.1) is 0 Å². The third-order valence-electron chi connectivity index (χ3n) is 3.65. The predicted octanol–water partition coefficient (Wildman–Crippen LogP) is 3.06. The highest BCUT2D eigenvalue weighted by Crippen LogP contribution is 2.29. The minimum Gasteiger partial charge on any atom is -0.378 e. The Morgan fingerprint density at radius 1 is 1.12 bits per heavy atom. The van der Waals surface area contributed by atoms with E-state index in [4.69, 9.17) is 11.1 Å². The van der Waals surface area contributed by atoms with Crippen molar-refractivity contribution in [3.8, 4) is 0 Å². The quantitative estimate of drug-likeness (QED) is 0.380. The van der Waals surface area contributed by atoms with Crippen LogP contribution in [0.25, 0.3) is 10.9 Å². The van der Waals surface area contributed by atoms with Gasteiger partial charge in [-0.3, -0.25) is 10.2 Å². The molecule has 0 fully saturated rings. The molecule has 2 aromatic carbocycles. The molecule has 0 unspecified atom stereocenters. The van der Waals surface area contributed by atoms with Crippen LogP contribution in [0.1, 0.15) is 10.4 Å². The standard InChI is InChI=1S/C18H18N4OS/c19-18(20)24-16-12-22(15-9-5-4-8-14(15)16)11-10-21-17(23)13-6-2-1-3-7-13/h1-9,12H,10-11H2,(H3,19,20)(H,21,23). The molecule has 0 atom stereocenters. The van der Waals surface area contributed by atoms with Gasteiger partial charge in [0.25, 0.3) is 5.91 Å². The van der Waals surface area contributed by atoms with Gasteiger partial charge in [-0.15, -0.1) is 0 Å². The van der Waals surface area contributed by atoms with E-state index in [2.05, 4.69) is 9.88 Å². The number of thioether (sulfide) groups is 1. The van der Waals surface area contributed by atoms with E-state index in [1.807, 2.05) is 48.7 Å². The minimum atomic E-state index is -0.0783. The van der Waals surface area contributed by atoms with E-state index < -0.39 is 0 Å². The van der Waals surface area contributed by atoms with Crippen molar-refractivity contribution in [1.82, 2.24) is 9.88 Å². The maximum absolute atomic E-state index is 12.1. The molecule has 0 spiro atoms. The molecular weight excluding hydrogens is 320 g/mol. The van der Waals surface area contributed by atoms with Gasteiger partial charge in [0.15, 0.2) is 5.17 Å². The van der Waals surface area contributed by atoms with Crippen molar-refractivity contribution in [2.24, 2.45) is 5.73 Å². The van der Waals surface area contributed by atoms with E-state index in [1.54, 1.807) is 12.1 Å². The summed E-state index contributed by atoms with van der Waals surface area (Å²) >= 11 is 1.24. The molecule has 6 heteroatoms. The van der Waals surface area contributed by atoms with Gasteiger partial charge in [-0.2, -0.15) is 0 Å². The third kappa shape index (κ3) is 3.60. The average molecular weight is 338 g/mol. The van der Waals surface area contributed by atoms with Gasteiger partial charge in [0.2, 0.25) is 0 Å². The first-order chi connectivity index (χ1) is 11.6. The first-order valence-electron chi connectivity index (χ1n) is 7.58. The number of carbonyl (C=O) groups excluding carboxylic acids is 1. The van der Waals surface area contributed by atoms with Gasteiger partial charge >= 0.3 is 0 Å². The molecule has 1 heterocycles. The van der Waals surface area contributed by atoms with E-state index in [0.29, 0.717) is 18.7 Å². The molecule has 0 bridgehead atoms. The fraction of sp³-hybridized carbons (Fsp3) is 0.111. The van der Waals surface area contributed by atoms with Crippen LogP contribution >= 0.6 is 11.8 Å². The van der Waals surface area contributed by atoms with E-state index in [9.17, 15) is 4.79 Å². The molecule has 3 rings (SSSR count). The molecule has 24 heavy (non-hydrogen) atoms. The molecule has 0 aliphatic rings. The number of nitrogens with one attached hydrogen (secondary N) is 2. The van der Waals surface area contributed by atoms with E-state index in [0.717, 1.165) is 15.8 Å². The monoisotopic (exact) mass is 338 g/mol. The summed E-state index contributed by atoms with van der Waals surface area (Å²) in [5, 5.41) is 11.5. The lowest BCUT2D eigenvalue weighted by atomic mass is 10.2. The molecule has 0 saturated heterocycles. The molecule has 0 aliphatic carbocycles. The van der Waals surface area contributed by atoms with Crippen LogP contribution in [0.15, 0.2) is 65.7 Å². The van der Waals surface area contributed by atoms with Crippen LogP contribution in [-0.2, 0) is 6.54 Å². The number of amides is 1. The molecule has 0 aliphatic heterocycles. The molecule has 4 N–H and O–H groups in total. The van der Waals surface area contributed by atoms with Crippen molar-refractivity contribution in [2.45, 2.75) is 11.4 Å². The first-order valence-corrected chi connectivity index (χ1v) is 8.40. The lowest BCUT2D eigenvalue weighted by Crippen LogP contribution is -2.26. The molecule has 0 saturated carbocycles. The molecule has 0 radical (unpaired) electrons. The molecule has 5 nitrogen and oxygen atoms in total. The zero-order valence-corrected chi connectivity index (χ0v) is 13.8. The topological polar surface area (TPSA) is 83.9 Å². The highest BCUT2D eigenvalue weighted by molar-refractivity contribution is 8.13. The Morgan fingerprint density at radius 3 is 2.58 bits per heavy atom. The fourth-order valence-electron chi connectivity index (χ4n) is 2.58. The van der Waals surface area contributed by atoms with Gasteiger partial charge < -0.3 is 15.6 Å². The summed E-state index contributed by atoms with van der Waals surface area (Å²) in [6.07, 6.45) is 1.98. The summed E-state index contributed by atoms with van der Waals surface area (Å²) in [7, 11) is 0. The van der Waals surface area contributed by atoms with Gasteiger partial charge in [-0.1, -0.05) is 48.2 Å². The number of hydrogen-bond acceptors (Lipinski definition) is 3. The minimum absolute atomic E-state index is 0.0651. The Balaban J connectivity index is 1.71. The number of carbonyl (C=O) groups is 1. The summed E-state index contributed by atoms with van der Waals surface area (Å²) in [6.45, 7) is 1.17. The summed E-state index contributed by atoms with van der Waals surface area (Å²) in [6, 6.07) is 17.1. The Hall–Kier alpha value is -2.73. The van der Waals surface area contributed by atoms with E-state index >= 15 is 0 Å². The Kier molecular flexibility index (Phi) is 4.86. The van der Waals surface area contributed by atoms with Crippen molar-refractivity contribution in [2.75, 3.05) is 6.54 Å². The van der Waals surface area contributed by atoms with Crippen molar-refractivity contribution < 1.29 is 4.79 Å². The number of benzene rings is 2. The summed E-state index contributed by atoms with van der Waals surface area (Å²) in [5.41, 5.74) is 7.23. The lowest BCUT2D eigenvalue weighted by Gasteiger charge is -2.07. The van der Waals surface area contributed by atoms with Crippen molar-refractivity contribution in [3.63, 3.8) is 0 Å². The van der Waals surface area contributed by atoms with E-state index in [-0.39, 0.29) is 11.1 Å². The van der Waals surface area contributed by atoms with Crippen molar-refractivity contribution in [3.05, 3.63) is 66.4 Å². The Labute approximate surface area is 144 Å². The Morgan fingerprint density at radius 2 is 1.83 bits per heavy atom. The van der Waals surface area contributed by atoms with Crippen LogP contribution in [0.5, 0.6) is 0 Å². The van der Waals surface area contributed by atoms with Gasteiger partial charge in [0.1, 0.15) is 0 Å².